The first-order valence-electron chi connectivity index (χ1n) is 22.3. The van der Waals surface area contributed by atoms with E-state index in [-0.39, 0.29) is 49.0 Å². The van der Waals surface area contributed by atoms with E-state index in [4.69, 9.17) is 22.3 Å². The zero-order valence-corrected chi connectivity index (χ0v) is 39.4. The number of carbonyl (C=O) groups excluding carboxylic acids is 10. The third-order valence-electron chi connectivity index (χ3n) is 11.3. The molecular formula is C43H65N11O13S. The van der Waals surface area contributed by atoms with Crippen LogP contribution >= 0.6 is 11.8 Å². The number of hydrogen-bond donors (Lipinski definition) is 12. The van der Waals surface area contributed by atoms with Crippen LogP contribution in [-0.4, -0.2) is 153 Å². The molecule has 0 saturated carbocycles. The molecule has 2 fully saturated rings. The molecule has 24 nitrogen and oxygen atoms in total. The van der Waals surface area contributed by atoms with Crippen LogP contribution in [0.15, 0.2) is 24.3 Å². The van der Waals surface area contributed by atoms with Crippen LogP contribution in [0.3, 0.4) is 0 Å². The topological polar surface area (TPSA) is 394 Å². The lowest BCUT2D eigenvalue weighted by Gasteiger charge is -2.31. The van der Waals surface area contributed by atoms with Crippen molar-refractivity contribution in [2.75, 3.05) is 24.6 Å². The maximum absolute atomic E-state index is 14.5. The minimum Gasteiger partial charge on any atom is -0.508 e. The Morgan fingerprint density at radius 2 is 1.44 bits per heavy atom. The number of aromatic hydroxyl groups is 1. The smallest absolute Gasteiger partial charge is 0.322 e. The summed E-state index contributed by atoms with van der Waals surface area (Å²) in [6.45, 7) is 6.27. The number of carboxylic acid groups (broad SMARTS) is 1. The van der Waals surface area contributed by atoms with Gasteiger partial charge in [0.1, 0.15) is 54.6 Å². The van der Waals surface area contributed by atoms with E-state index in [9.17, 15) is 57.8 Å². The predicted octanol–water partition coefficient (Wildman–Crippen LogP) is -3.66. The fraction of sp³-hybridized carbons (Fsp3) is 0.605. The van der Waals surface area contributed by atoms with E-state index < -0.39 is 145 Å². The first kappa shape index (κ1) is 55.8. The Hall–Kier alpha value is -6.50. The lowest BCUT2D eigenvalue weighted by Crippen LogP contribution is -2.61. The predicted molar refractivity (Wildman–Crippen MR) is 245 cm³/mol. The number of phenolic OH excluding ortho intramolecular Hbond substituents is 1. The van der Waals surface area contributed by atoms with Gasteiger partial charge in [0.2, 0.25) is 59.1 Å². The number of nitrogens with zero attached hydrogens (tertiary/aromatic N) is 1. The lowest BCUT2D eigenvalue weighted by atomic mass is 9.96. The molecule has 10 amide bonds. The van der Waals surface area contributed by atoms with Crippen molar-refractivity contribution in [3.63, 3.8) is 0 Å². The van der Waals surface area contributed by atoms with Crippen LogP contribution in [0.2, 0.25) is 0 Å². The molecule has 2 aliphatic rings. The fourth-order valence-corrected chi connectivity index (χ4v) is 8.41. The number of phenols is 1. The summed E-state index contributed by atoms with van der Waals surface area (Å²) in [6, 6.07) is -5.41. The molecule has 1 aromatic carbocycles. The summed E-state index contributed by atoms with van der Waals surface area (Å²) < 4.78 is 0. The van der Waals surface area contributed by atoms with Gasteiger partial charge in [0, 0.05) is 30.9 Å². The van der Waals surface area contributed by atoms with Gasteiger partial charge >= 0.3 is 5.97 Å². The Balaban J connectivity index is 2.07. The third kappa shape index (κ3) is 17.6. The maximum Gasteiger partial charge on any atom is 0.322 e. The second-order valence-electron chi connectivity index (χ2n) is 17.3. The van der Waals surface area contributed by atoms with Gasteiger partial charge in [-0.3, -0.25) is 52.7 Å². The van der Waals surface area contributed by atoms with Gasteiger partial charge in [0.15, 0.2) is 0 Å². The van der Waals surface area contributed by atoms with Gasteiger partial charge in [0.05, 0.1) is 12.5 Å². The van der Waals surface area contributed by atoms with Crippen molar-refractivity contribution in [3.05, 3.63) is 29.8 Å². The average Bonchev–Trinajstić information content (AvgIpc) is 3.77. The molecule has 1 aromatic rings. The van der Waals surface area contributed by atoms with Crippen molar-refractivity contribution < 1.29 is 63.0 Å². The molecule has 0 aliphatic carbocycles. The van der Waals surface area contributed by atoms with Crippen molar-refractivity contribution in [2.45, 2.75) is 127 Å². The second-order valence-corrected chi connectivity index (χ2v) is 18.4. The molecule has 15 N–H and O–H groups in total. The number of carboxylic acids is 1. The van der Waals surface area contributed by atoms with Crippen LogP contribution in [0.4, 0.5) is 0 Å². The number of benzene rings is 1. The van der Waals surface area contributed by atoms with Gasteiger partial charge < -0.3 is 69.5 Å². The fourth-order valence-electron chi connectivity index (χ4n) is 7.41. The summed E-state index contributed by atoms with van der Waals surface area (Å²) in [4.78, 5) is 148. The Kier molecular flexibility index (Phi) is 22.0. The van der Waals surface area contributed by atoms with Gasteiger partial charge in [-0.2, -0.15) is 11.8 Å². The molecule has 68 heavy (non-hydrogen) atoms. The number of aliphatic carboxylic acids is 1. The summed E-state index contributed by atoms with van der Waals surface area (Å²) in [5.41, 5.74) is 17.7. The van der Waals surface area contributed by atoms with E-state index in [0.717, 1.165) is 11.8 Å². The average molecular weight is 976 g/mol. The molecule has 0 spiro atoms. The molecule has 0 aromatic heterocycles. The third-order valence-corrected chi connectivity index (χ3v) is 12.4. The van der Waals surface area contributed by atoms with Crippen molar-refractivity contribution in [1.29, 1.82) is 0 Å². The van der Waals surface area contributed by atoms with E-state index >= 15 is 0 Å². The standard InChI is InChI=1S/C43H65N11O13S/c1-5-22(4)35-42(66)48-26(12-13-32(45)56)38(62)50-29(17-33(46)57)39(63)52-30(20-68-19-25(44)36(60)49-28(40(64)53-35)16-23-8-10-24(55)11-9-23)43(67)54-14-6-7-31(54)41(65)51-27(15-21(2)3)37(61)47-18-34(58)59/h8-11,21-22,25-31,35,55H,5-7,12-20,44H2,1-4H3,(H2,45,56)(H2,46,57)(H,47,61)(H,48,66)(H,49,60)(H,50,62)(H,51,65)(H,52,63)(H,53,64)(H,58,59)/t22-,25?,26-,27-,28-,29-,30?,31-,35-/m0/s1. The highest BCUT2D eigenvalue weighted by Crippen LogP contribution is 2.22. The highest BCUT2D eigenvalue weighted by Gasteiger charge is 2.41. The molecule has 376 valence electrons. The number of amides is 10. The molecule has 9 atom stereocenters. The van der Waals surface area contributed by atoms with E-state index in [1.165, 1.54) is 29.2 Å². The molecule has 2 unspecified atom stereocenters. The zero-order chi connectivity index (χ0) is 50.8. The Morgan fingerprint density at radius 3 is 2.04 bits per heavy atom. The molecule has 0 bridgehead atoms. The molecule has 0 radical (unpaired) electrons. The van der Waals surface area contributed by atoms with Gasteiger partial charge in [-0.05, 0) is 55.2 Å². The number of likely N-dealkylation sites (tertiary alicyclic amines) is 1. The number of carbonyl (C=O) groups is 11. The normalized spacial score (nSPS) is 24.3. The first-order valence-corrected chi connectivity index (χ1v) is 23.5. The van der Waals surface area contributed by atoms with Crippen LogP contribution in [0, 0.1) is 11.8 Å². The number of nitrogens with two attached hydrogens (primary N) is 3. The number of nitrogens with one attached hydrogen (secondary N) is 7. The van der Waals surface area contributed by atoms with Gasteiger partial charge in [-0.25, -0.2) is 0 Å². The zero-order valence-electron chi connectivity index (χ0n) is 38.5. The summed E-state index contributed by atoms with van der Waals surface area (Å²) in [7, 11) is 0. The Morgan fingerprint density at radius 1 is 0.824 bits per heavy atom. The molecule has 2 saturated heterocycles. The highest BCUT2D eigenvalue weighted by atomic mass is 32.2. The van der Waals surface area contributed by atoms with E-state index in [2.05, 4.69) is 37.2 Å². The van der Waals surface area contributed by atoms with E-state index in [1.54, 1.807) is 27.7 Å². The molecule has 2 aliphatic heterocycles. The van der Waals surface area contributed by atoms with Crippen LogP contribution < -0.4 is 54.4 Å². The SMILES string of the molecule is CC[C@H](C)[C@@H]1NC(=O)[C@H](Cc2ccc(O)cc2)NC(=O)C(N)CSCC(C(=O)N2CCC[C@H]2C(=O)N[C@@H](CC(C)C)C(=O)NCC(=O)O)NC(=O)[C@H](CC(N)=O)NC(=O)[C@H](CCC(N)=O)NC1=O. The molecule has 25 heteroatoms. The minimum absolute atomic E-state index is 0.0146. The monoisotopic (exact) mass is 975 g/mol. The first-order chi connectivity index (χ1) is 32.0. The largest absolute Gasteiger partial charge is 0.508 e. The molecular weight excluding hydrogens is 911 g/mol. The molecule has 2 heterocycles. The van der Waals surface area contributed by atoms with Crippen molar-refractivity contribution >= 4 is 76.8 Å². The van der Waals surface area contributed by atoms with Crippen LogP contribution in [-0.2, 0) is 59.2 Å². The van der Waals surface area contributed by atoms with Crippen LogP contribution in [0.1, 0.15) is 78.2 Å². The Labute approximate surface area is 397 Å². The summed E-state index contributed by atoms with van der Waals surface area (Å²) in [6.07, 6.45) is -0.854. The van der Waals surface area contributed by atoms with E-state index in [0.29, 0.717) is 18.4 Å². The minimum atomic E-state index is -1.77. The summed E-state index contributed by atoms with van der Waals surface area (Å²) in [5.74, 6) is -11.4. The van der Waals surface area contributed by atoms with Crippen molar-refractivity contribution in [2.24, 2.45) is 29.0 Å². The van der Waals surface area contributed by atoms with E-state index in [1.807, 2.05) is 0 Å². The number of primary amides is 2. The second kappa shape index (κ2) is 26.7. The summed E-state index contributed by atoms with van der Waals surface area (Å²) in [5, 5.41) is 36.5. The number of rotatable bonds is 17. The van der Waals surface area contributed by atoms with Gasteiger partial charge in [-0.1, -0.05) is 46.2 Å². The quantitative estimate of drug-likeness (QED) is 0.0716. The van der Waals surface area contributed by atoms with Crippen LogP contribution in [0.5, 0.6) is 5.75 Å². The van der Waals surface area contributed by atoms with Crippen molar-refractivity contribution in [1.82, 2.24) is 42.1 Å². The molecule has 3 rings (SSSR count). The van der Waals surface area contributed by atoms with Crippen LogP contribution in [0.25, 0.3) is 0 Å². The van der Waals surface area contributed by atoms with Crippen molar-refractivity contribution in [3.8, 4) is 5.75 Å². The number of thioether (sulfide) groups is 1. The van der Waals surface area contributed by atoms with Gasteiger partial charge in [0.25, 0.3) is 0 Å². The maximum atomic E-state index is 14.5. The lowest BCUT2D eigenvalue weighted by molar-refractivity contribution is -0.142. The summed E-state index contributed by atoms with van der Waals surface area (Å²) >= 11 is 0.933. The Bertz CT molecular complexity index is 2020. The van der Waals surface area contributed by atoms with Gasteiger partial charge in [-0.15, -0.1) is 0 Å². The number of hydrogen-bond acceptors (Lipinski definition) is 14. The highest BCUT2D eigenvalue weighted by molar-refractivity contribution is 7.99.